The molecule has 2 aliphatic rings. The second-order valence-corrected chi connectivity index (χ2v) is 9.98. The van der Waals surface area contributed by atoms with Crippen molar-refractivity contribution in [3.63, 3.8) is 0 Å². The molecule has 4 nitrogen and oxygen atoms in total. The maximum atomic E-state index is 12.4. The Morgan fingerprint density at radius 3 is 2.23 bits per heavy atom. The number of esters is 1. The second-order valence-electron chi connectivity index (χ2n) is 9.98. The fourth-order valence-corrected chi connectivity index (χ4v) is 4.61. The van der Waals surface area contributed by atoms with Crippen molar-refractivity contribution in [2.75, 3.05) is 6.61 Å². The molecule has 2 unspecified atom stereocenters. The van der Waals surface area contributed by atoms with Crippen molar-refractivity contribution in [1.82, 2.24) is 0 Å². The van der Waals surface area contributed by atoms with Crippen molar-refractivity contribution in [2.24, 2.45) is 23.2 Å². The highest BCUT2D eigenvalue weighted by Crippen LogP contribution is 2.41. The van der Waals surface area contributed by atoms with Crippen LogP contribution in [0.1, 0.15) is 92.4 Å². The molecule has 0 spiro atoms. The van der Waals surface area contributed by atoms with Crippen molar-refractivity contribution < 1.29 is 19.4 Å². The molecule has 0 aromatic rings. The van der Waals surface area contributed by atoms with Gasteiger partial charge in [0.15, 0.2) is 6.29 Å². The minimum atomic E-state index is -1.01. The Balaban J connectivity index is 1.70. The van der Waals surface area contributed by atoms with Crippen molar-refractivity contribution >= 4 is 5.97 Å². The van der Waals surface area contributed by atoms with E-state index < -0.39 is 6.29 Å². The molecular weight excluding hydrogens is 328 g/mol. The van der Waals surface area contributed by atoms with Crippen molar-refractivity contribution in [2.45, 2.75) is 104 Å². The first-order chi connectivity index (χ1) is 12.1. The number of rotatable bonds is 6. The van der Waals surface area contributed by atoms with Gasteiger partial charge < -0.3 is 14.6 Å². The van der Waals surface area contributed by atoms with E-state index in [1.165, 1.54) is 6.42 Å². The summed E-state index contributed by atoms with van der Waals surface area (Å²) in [6.45, 7) is 11.2. The minimum absolute atomic E-state index is 0.0177. The molecule has 0 aromatic carbocycles. The Kier molecular flexibility index (Phi) is 7.55. The summed E-state index contributed by atoms with van der Waals surface area (Å²) < 4.78 is 11.2. The van der Waals surface area contributed by atoms with Crippen LogP contribution in [0.4, 0.5) is 0 Å². The molecule has 0 bridgehead atoms. The third kappa shape index (κ3) is 6.23. The summed E-state index contributed by atoms with van der Waals surface area (Å²) in [7, 11) is 0. The fourth-order valence-electron chi connectivity index (χ4n) is 4.61. The first-order valence-corrected chi connectivity index (χ1v) is 10.6. The maximum Gasteiger partial charge on any atom is 0.309 e. The average Bonchev–Trinajstić information content (AvgIpc) is 2.58. The largest absolute Gasteiger partial charge is 0.460 e. The van der Waals surface area contributed by atoms with E-state index in [1.54, 1.807) is 0 Å². The Bertz CT molecular complexity index is 440. The van der Waals surface area contributed by atoms with Gasteiger partial charge in [-0.2, -0.15) is 0 Å². The smallest absolute Gasteiger partial charge is 0.309 e. The molecule has 2 saturated carbocycles. The molecule has 2 rings (SSSR count). The number of carbonyl (C=O) groups is 1. The Morgan fingerprint density at radius 2 is 1.69 bits per heavy atom. The van der Waals surface area contributed by atoms with Gasteiger partial charge in [-0.25, -0.2) is 0 Å². The Morgan fingerprint density at radius 1 is 1.12 bits per heavy atom. The summed E-state index contributed by atoms with van der Waals surface area (Å²) in [6.07, 6.45) is 8.42. The highest BCUT2D eigenvalue weighted by atomic mass is 16.6. The monoisotopic (exact) mass is 368 g/mol. The highest BCUT2D eigenvalue weighted by Gasteiger charge is 2.35. The van der Waals surface area contributed by atoms with E-state index in [1.807, 2.05) is 0 Å². The lowest BCUT2D eigenvalue weighted by molar-refractivity contribution is -0.213. The van der Waals surface area contributed by atoms with Gasteiger partial charge in [-0.15, -0.1) is 0 Å². The van der Waals surface area contributed by atoms with E-state index in [9.17, 15) is 9.90 Å². The summed E-state index contributed by atoms with van der Waals surface area (Å²) in [4.78, 5) is 12.4. The van der Waals surface area contributed by atoms with Crippen LogP contribution in [0.15, 0.2) is 0 Å². The fraction of sp³-hybridized carbons (Fsp3) is 0.955. The molecule has 26 heavy (non-hydrogen) atoms. The van der Waals surface area contributed by atoms with Gasteiger partial charge in [0.2, 0.25) is 0 Å². The van der Waals surface area contributed by atoms with Crippen LogP contribution in [0.5, 0.6) is 0 Å². The topological polar surface area (TPSA) is 55.8 Å². The summed E-state index contributed by atoms with van der Waals surface area (Å²) in [5.74, 6) is 1.17. The summed E-state index contributed by atoms with van der Waals surface area (Å²) in [5, 5.41) is 10.1. The molecule has 0 radical (unpaired) electrons. The van der Waals surface area contributed by atoms with Gasteiger partial charge in [-0.3, -0.25) is 4.79 Å². The zero-order valence-electron chi connectivity index (χ0n) is 17.6. The molecule has 0 heterocycles. The van der Waals surface area contributed by atoms with E-state index in [0.717, 1.165) is 51.4 Å². The molecule has 0 amide bonds. The van der Waals surface area contributed by atoms with E-state index in [0.29, 0.717) is 17.3 Å². The van der Waals surface area contributed by atoms with Crippen LogP contribution < -0.4 is 0 Å². The van der Waals surface area contributed by atoms with Gasteiger partial charge in [-0.05, 0) is 62.7 Å². The van der Waals surface area contributed by atoms with Crippen LogP contribution in [0, 0.1) is 23.2 Å². The van der Waals surface area contributed by atoms with E-state index in [2.05, 4.69) is 34.6 Å². The van der Waals surface area contributed by atoms with Gasteiger partial charge in [0, 0.05) is 0 Å². The van der Waals surface area contributed by atoms with E-state index >= 15 is 0 Å². The summed E-state index contributed by atoms with van der Waals surface area (Å²) >= 11 is 0. The van der Waals surface area contributed by atoms with Gasteiger partial charge in [0.05, 0.1) is 11.5 Å². The lowest BCUT2D eigenvalue weighted by atomic mass is 9.68. The van der Waals surface area contributed by atoms with Gasteiger partial charge in [0.1, 0.15) is 6.61 Å². The lowest BCUT2D eigenvalue weighted by Gasteiger charge is -2.38. The molecule has 0 aliphatic heterocycles. The molecule has 0 aromatic heterocycles. The number of ether oxygens (including phenoxy) is 2. The summed E-state index contributed by atoms with van der Waals surface area (Å²) in [5.41, 5.74) is 0.0416. The zero-order valence-corrected chi connectivity index (χ0v) is 17.6. The predicted octanol–water partition coefficient (Wildman–Crippen LogP) is 5.08. The molecule has 152 valence electrons. The van der Waals surface area contributed by atoms with Crippen molar-refractivity contribution in [3.05, 3.63) is 0 Å². The van der Waals surface area contributed by atoms with Crippen LogP contribution in [0.25, 0.3) is 0 Å². The van der Waals surface area contributed by atoms with Crippen molar-refractivity contribution in [3.8, 4) is 0 Å². The van der Waals surface area contributed by atoms with Crippen LogP contribution in [-0.2, 0) is 14.3 Å². The predicted molar refractivity (Wildman–Crippen MR) is 104 cm³/mol. The third-order valence-corrected chi connectivity index (χ3v) is 6.88. The van der Waals surface area contributed by atoms with Crippen LogP contribution >= 0.6 is 0 Å². The zero-order chi connectivity index (χ0) is 19.4. The van der Waals surface area contributed by atoms with Crippen molar-refractivity contribution in [1.29, 1.82) is 0 Å². The average molecular weight is 369 g/mol. The van der Waals surface area contributed by atoms with Gasteiger partial charge >= 0.3 is 5.97 Å². The molecular formula is C22H40O4. The molecule has 2 aliphatic carbocycles. The maximum absolute atomic E-state index is 12.4. The first kappa shape index (κ1) is 21.7. The van der Waals surface area contributed by atoms with Gasteiger partial charge in [-0.1, -0.05) is 47.0 Å². The van der Waals surface area contributed by atoms with Crippen LogP contribution in [-0.4, -0.2) is 29.6 Å². The highest BCUT2D eigenvalue weighted by molar-refractivity contribution is 5.72. The SMILES string of the molecule is CC(C1CCC(C(=O)OCC(O)OC2(C)CCCCC2)CC1)C(C)(C)C. The molecule has 0 saturated heterocycles. The Labute approximate surface area is 160 Å². The molecule has 2 fully saturated rings. The minimum Gasteiger partial charge on any atom is -0.460 e. The molecule has 2 atom stereocenters. The molecule has 4 heteroatoms. The molecule has 1 N–H and O–H groups in total. The number of hydrogen-bond acceptors (Lipinski definition) is 4. The number of aliphatic hydroxyl groups is 1. The number of aliphatic hydroxyl groups excluding tert-OH is 1. The Hall–Kier alpha value is -0.610. The van der Waals surface area contributed by atoms with Crippen LogP contribution in [0.2, 0.25) is 0 Å². The summed E-state index contributed by atoms with van der Waals surface area (Å²) in [6, 6.07) is 0. The quantitative estimate of drug-likeness (QED) is 0.525. The lowest BCUT2D eigenvalue weighted by Crippen LogP contribution is -2.38. The third-order valence-electron chi connectivity index (χ3n) is 6.88. The number of hydrogen-bond donors (Lipinski definition) is 1. The number of carbonyl (C=O) groups excluding carboxylic acids is 1. The normalized spacial score (nSPS) is 29.0. The standard InChI is InChI=1S/C22H40O4/c1-16(21(2,3)4)17-9-11-18(12-10-17)20(24)25-15-19(23)26-22(5)13-7-6-8-14-22/h16-19,23H,6-15H2,1-5H3. The van der Waals surface area contributed by atoms with E-state index in [-0.39, 0.29) is 24.1 Å². The van der Waals surface area contributed by atoms with Crippen LogP contribution in [0.3, 0.4) is 0 Å². The van der Waals surface area contributed by atoms with E-state index in [4.69, 9.17) is 9.47 Å². The second kappa shape index (κ2) is 9.05. The first-order valence-electron chi connectivity index (χ1n) is 10.6. The van der Waals surface area contributed by atoms with Gasteiger partial charge in [0.25, 0.3) is 0 Å².